The Morgan fingerprint density at radius 1 is 1.00 bits per heavy atom. The summed E-state index contributed by atoms with van der Waals surface area (Å²) in [7, 11) is -1.31. The number of nitrogens with zero attached hydrogens (tertiary/aromatic N) is 1. The Hall–Kier alpha value is -2.82. The van der Waals surface area contributed by atoms with E-state index in [0.717, 1.165) is 24.3 Å². The Morgan fingerprint density at radius 3 is 2.18 bits per heavy atom. The highest BCUT2D eigenvalue weighted by molar-refractivity contribution is 7.87. The molecule has 0 aliphatic carbocycles. The average Bonchev–Trinajstić information content (AvgIpc) is 2.76. The molecule has 6 nitrogen and oxygen atoms in total. The van der Waals surface area contributed by atoms with E-state index in [1.165, 1.54) is 18.2 Å². The Kier molecular flexibility index (Phi) is 7.20. The van der Waals surface area contributed by atoms with Gasteiger partial charge in [-0.05, 0) is 29.8 Å². The molecule has 0 saturated heterocycles. The monoisotopic (exact) mass is 501 g/mol. The van der Waals surface area contributed by atoms with Gasteiger partial charge < -0.3 is 9.64 Å². The molecule has 0 saturated carbocycles. The van der Waals surface area contributed by atoms with Gasteiger partial charge in [0.1, 0.15) is 16.5 Å². The molecule has 176 valence electrons. The van der Waals surface area contributed by atoms with Crippen molar-refractivity contribution in [2.75, 3.05) is 24.9 Å². The maximum atomic E-state index is 13.8. The normalized spacial score (nSPS) is 13.0. The van der Waals surface area contributed by atoms with Crippen molar-refractivity contribution in [2.45, 2.75) is 17.2 Å². The number of alkyl halides is 4. The zero-order valence-electron chi connectivity index (χ0n) is 17.5. The van der Waals surface area contributed by atoms with Crippen LogP contribution in [0.4, 0.5) is 18.9 Å². The van der Waals surface area contributed by atoms with Crippen LogP contribution in [-0.4, -0.2) is 40.5 Å². The van der Waals surface area contributed by atoms with E-state index in [1.54, 1.807) is 37.2 Å². The van der Waals surface area contributed by atoms with Gasteiger partial charge in [-0.2, -0.15) is 21.6 Å². The minimum Gasteiger partial charge on any atom is -0.426 e. The molecule has 33 heavy (non-hydrogen) atoms. The largest absolute Gasteiger partial charge is 0.426 e. The molecular formula is C22H19ClF3NO5S. The summed E-state index contributed by atoms with van der Waals surface area (Å²) in [5.41, 5.74) is 0.213. The second-order valence-corrected chi connectivity index (χ2v) is 8.98. The first-order valence-electron chi connectivity index (χ1n) is 9.49. The van der Waals surface area contributed by atoms with E-state index in [9.17, 15) is 26.4 Å². The van der Waals surface area contributed by atoms with Crippen LogP contribution in [0.1, 0.15) is 11.7 Å². The summed E-state index contributed by atoms with van der Waals surface area (Å²) in [4.78, 5) is 12.6. The molecule has 0 aliphatic heterocycles. The molecule has 3 aromatic rings. The lowest BCUT2D eigenvalue weighted by molar-refractivity contribution is -0.196. The third kappa shape index (κ3) is 5.58. The number of carbonyl (C=O) groups is 1. The number of esters is 1. The number of rotatable bonds is 7. The topological polar surface area (TPSA) is 72.9 Å². The van der Waals surface area contributed by atoms with Crippen LogP contribution in [0.3, 0.4) is 0 Å². The van der Waals surface area contributed by atoms with Gasteiger partial charge in [-0.15, -0.1) is 11.6 Å². The van der Waals surface area contributed by atoms with E-state index >= 15 is 0 Å². The number of fused-ring (bicyclic) bond motifs is 1. The quantitative estimate of drug-likeness (QED) is 0.195. The molecule has 0 spiro atoms. The summed E-state index contributed by atoms with van der Waals surface area (Å²) in [5.74, 6) is -1.27. The summed E-state index contributed by atoms with van der Waals surface area (Å²) in [6.07, 6.45) is -7.81. The Morgan fingerprint density at radius 2 is 1.61 bits per heavy atom. The summed E-state index contributed by atoms with van der Waals surface area (Å²) in [6.45, 7) is 0. The van der Waals surface area contributed by atoms with Crippen LogP contribution in [0, 0.1) is 0 Å². The minimum absolute atomic E-state index is 0.0431. The van der Waals surface area contributed by atoms with Crippen molar-refractivity contribution in [1.29, 1.82) is 0 Å². The molecule has 1 atom stereocenters. The van der Waals surface area contributed by atoms with Gasteiger partial charge in [0.05, 0.1) is 0 Å². The summed E-state index contributed by atoms with van der Waals surface area (Å²) < 4.78 is 76.9. The maximum Gasteiger partial charge on any atom is 0.420 e. The van der Waals surface area contributed by atoms with E-state index in [1.807, 2.05) is 0 Å². The molecule has 0 aromatic heterocycles. The van der Waals surface area contributed by atoms with Crippen molar-refractivity contribution >= 4 is 44.1 Å². The van der Waals surface area contributed by atoms with Gasteiger partial charge in [0.2, 0.25) is 0 Å². The van der Waals surface area contributed by atoms with Crippen LogP contribution in [0.5, 0.6) is 5.75 Å². The van der Waals surface area contributed by atoms with Gasteiger partial charge >= 0.3 is 12.1 Å². The SMILES string of the molecule is CN(C)c1cccc2c(S(=O)(=O)OC(c3ccc(OC(=O)CCl)cc3)C(F)(F)F)cccc12. The molecule has 11 heteroatoms. The highest BCUT2D eigenvalue weighted by Gasteiger charge is 2.45. The fourth-order valence-corrected chi connectivity index (χ4v) is 4.54. The first kappa shape index (κ1) is 24.8. The number of benzene rings is 3. The third-order valence-electron chi connectivity index (χ3n) is 4.65. The van der Waals surface area contributed by atoms with Crippen LogP contribution >= 0.6 is 11.6 Å². The first-order chi connectivity index (χ1) is 15.4. The van der Waals surface area contributed by atoms with Crippen molar-refractivity contribution in [3.8, 4) is 5.75 Å². The van der Waals surface area contributed by atoms with Crippen molar-refractivity contribution in [2.24, 2.45) is 0 Å². The van der Waals surface area contributed by atoms with E-state index in [2.05, 4.69) is 0 Å². The second-order valence-electron chi connectivity index (χ2n) is 7.17. The summed E-state index contributed by atoms with van der Waals surface area (Å²) in [5, 5.41) is 0.772. The molecule has 0 heterocycles. The molecule has 0 amide bonds. The average molecular weight is 502 g/mol. The number of halogens is 4. The molecule has 0 N–H and O–H groups in total. The van der Waals surface area contributed by atoms with Crippen LogP contribution in [0.2, 0.25) is 0 Å². The first-order valence-corrected chi connectivity index (χ1v) is 11.4. The number of ether oxygens (including phenoxy) is 1. The number of anilines is 1. The van der Waals surface area contributed by atoms with E-state index in [0.29, 0.717) is 11.1 Å². The predicted octanol–water partition coefficient (Wildman–Crippen LogP) is 5.06. The van der Waals surface area contributed by atoms with Gasteiger partial charge in [0.15, 0.2) is 6.10 Å². The lowest BCUT2D eigenvalue weighted by atomic mass is 10.1. The van der Waals surface area contributed by atoms with Gasteiger partial charge in [0, 0.05) is 30.6 Å². The molecule has 0 radical (unpaired) electrons. The number of hydrogen-bond donors (Lipinski definition) is 0. The predicted molar refractivity (Wildman–Crippen MR) is 118 cm³/mol. The van der Waals surface area contributed by atoms with Crippen molar-refractivity contribution in [3.63, 3.8) is 0 Å². The smallest absolute Gasteiger partial charge is 0.420 e. The van der Waals surface area contributed by atoms with E-state index in [-0.39, 0.29) is 16.0 Å². The molecule has 0 bridgehead atoms. The van der Waals surface area contributed by atoms with Crippen LogP contribution in [0.15, 0.2) is 65.6 Å². The summed E-state index contributed by atoms with van der Waals surface area (Å²) in [6, 6.07) is 13.3. The molecule has 1 unspecified atom stereocenters. The van der Waals surface area contributed by atoms with Crippen LogP contribution in [0.25, 0.3) is 10.8 Å². The molecule has 3 rings (SSSR count). The fraction of sp³-hybridized carbons (Fsp3) is 0.227. The van der Waals surface area contributed by atoms with Crippen molar-refractivity contribution in [3.05, 3.63) is 66.2 Å². The molecule has 0 fully saturated rings. The second kappa shape index (κ2) is 9.58. The van der Waals surface area contributed by atoms with Gasteiger partial charge in [-0.25, -0.2) is 4.18 Å². The van der Waals surface area contributed by atoms with Gasteiger partial charge in [-0.3, -0.25) is 4.79 Å². The molecule has 0 aliphatic rings. The van der Waals surface area contributed by atoms with Crippen LogP contribution < -0.4 is 9.64 Å². The van der Waals surface area contributed by atoms with E-state index < -0.39 is 39.8 Å². The summed E-state index contributed by atoms with van der Waals surface area (Å²) >= 11 is 5.33. The lowest BCUT2D eigenvalue weighted by Gasteiger charge is -2.22. The van der Waals surface area contributed by atoms with Gasteiger partial charge in [0.25, 0.3) is 10.1 Å². The molecule has 3 aromatic carbocycles. The van der Waals surface area contributed by atoms with Crippen molar-refractivity contribution in [1.82, 2.24) is 0 Å². The van der Waals surface area contributed by atoms with Crippen LogP contribution in [-0.2, 0) is 19.1 Å². The van der Waals surface area contributed by atoms with Gasteiger partial charge in [-0.1, -0.05) is 36.4 Å². The number of carbonyl (C=O) groups excluding carboxylic acids is 1. The zero-order valence-corrected chi connectivity index (χ0v) is 19.0. The zero-order chi connectivity index (χ0) is 24.4. The fourth-order valence-electron chi connectivity index (χ4n) is 3.22. The Labute approximate surface area is 193 Å². The van der Waals surface area contributed by atoms with Crippen molar-refractivity contribution < 1.29 is 35.3 Å². The van der Waals surface area contributed by atoms with E-state index in [4.69, 9.17) is 20.5 Å². The maximum absolute atomic E-state index is 13.8. The highest BCUT2D eigenvalue weighted by atomic mass is 35.5. The highest BCUT2D eigenvalue weighted by Crippen LogP contribution is 2.40. The lowest BCUT2D eigenvalue weighted by Crippen LogP contribution is -2.26. The number of hydrogen-bond acceptors (Lipinski definition) is 6. The Bertz CT molecular complexity index is 1260. The third-order valence-corrected chi connectivity index (χ3v) is 6.21. The Balaban J connectivity index is 2.01. The minimum atomic E-state index is -5.04. The molecular weight excluding hydrogens is 483 g/mol. The standard InChI is InChI=1S/C22H19ClF3NO5S/c1-27(2)18-7-3-6-17-16(18)5-4-8-19(17)33(29,30)32-21(22(24,25)26)14-9-11-15(12-10-14)31-20(28)13-23/h3-12,21H,13H2,1-2H3.